The van der Waals surface area contributed by atoms with Crippen LogP contribution in [0.1, 0.15) is 25.0 Å². The number of primary amides is 1. The number of amides is 2. The number of aromatic nitrogens is 1. The molecule has 0 aliphatic heterocycles. The third-order valence-electron chi connectivity index (χ3n) is 4.09. The molecule has 0 saturated heterocycles. The standard InChI is InChI=1S/C21H13Cl2F4N3O5/c1-33-18-14(3-2-13(17(18)24)35-21(25,26)27)34-15-7-9(22)6-11(23)16(15)20(32)30-10-4-5-29-12(8-10)19(28)31/h2-8H,1H3,(H2,28,31)(H,29,30,32)/i1D3. The first-order valence-electron chi connectivity index (χ1n) is 10.6. The van der Waals surface area contributed by atoms with E-state index < -0.39 is 59.6 Å². The van der Waals surface area contributed by atoms with Crippen LogP contribution in [-0.2, 0) is 0 Å². The second kappa shape index (κ2) is 10.2. The Morgan fingerprint density at radius 3 is 2.49 bits per heavy atom. The average molecular weight is 537 g/mol. The van der Waals surface area contributed by atoms with Crippen LogP contribution in [-0.4, -0.2) is 30.2 Å². The van der Waals surface area contributed by atoms with Gasteiger partial charge in [0.15, 0.2) is 11.5 Å². The first kappa shape index (κ1) is 21.7. The summed E-state index contributed by atoms with van der Waals surface area (Å²) in [7, 11) is -3.33. The van der Waals surface area contributed by atoms with E-state index >= 15 is 0 Å². The van der Waals surface area contributed by atoms with Gasteiger partial charge in [0.05, 0.1) is 16.2 Å². The van der Waals surface area contributed by atoms with Crippen LogP contribution in [0.3, 0.4) is 0 Å². The summed E-state index contributed by atoms with van der Waals surface area (Å²) in [4.78, 5) is 28.1. The van der Waals surface area contributed by atoms with Gasteiger partial charge in [-0.3, -0.25) is 14.6 Å². The topological polar surface area (TPSA) is 113 Å². The lowest BCUT2D eigenvalue weighted by Crippen LogP contribution is -2.18. The van der Waals surface area contributed by atoms with Gasteiger partial charge in [0.2, 0.25) is 11.6 Å². The molecule has 2 aromatic carbocycles. The van der Waals surface area contributed by atoms with Gasteiger partial charge in [0, 0.05) is 23.0 Å². The number of rotatable bonds is 7. The number of ether oxygens (including phenoxy) is 3. The number of nitrogens with zero attached hydrogens (tertiary/aromatic N) is 1. The van der Waals surface area contributed by atoms with Gasteiger partial charge in [-0.1, -0.05) is 23.2 Å². The molecule has 14 heteroatoms. The predicted octanol–water partition coefficient (Wildman–Crippen LogP) is 5.58. The van der Waals surface area contributed by atoms with Crippen molar-refractivity contribution in [1.29, 1.82) is 0 Å². The molecule has 0 saturated carbocycles. The van der Waals surface area contributed by atoms with Crippen molar-refractivity contribution >= 4 is 40.7 Å². The van der Waals surface area contributed by atoms with E-state index in [-0.39, 0.29) is 21.4 Å². The normalized spacial score (nSPS) is 12.7. The van der Waals surface area contributed by atoms with E-state index in [0.29, 0.717) is 12.1 Å². The van der Waals surface area contributed by atoms with Gasteiger partial charge < -0.3 is 25.3 Å². The molecule has 0 unspecified atom stereocenters. The van der Waals surface area contributed by atoms with Crippen LogP contribution in [0.15, 0.2) is 42.6 Å². The Morgan fingerprint density at radius 2 is 1.83 bits per heavy atom. The van der Waals surface area contributed by atoms with E-state index in [1.165, 1.54) is 12.3 Å². The minimum absolute atomic E-state index is 0.0573. The molecule has 35 heavy (non-hydrogen) atoms. The van der Waals surface area contributed by atoms with Crippen LogP contribution in [0.4, 0.5) is 23.2 Å². The number of alkyl halides is 3. The zero-order valence-corrected chi connectivity index (χ0v) is 18.4. The molecule has 184 valence electrons. The Bertz CT molecular complexity index is 1410. The molecular weight excluding hydrogens is 521 g/mol. The van der Waals surface area contributed by atoms with Crippen molar-refractivity contribution < 1.29 is 45.5 Å². The fourth-order valence-electron chi connectivity index (χ4n) is 2.71. The van der Waals surface area contributed by atoms with Gasteiger partial charge in [0.1, 0.15) is 17.0 Å². The third-order valence-corrected chi connectivity index (χ3v) is 4.61. The maximum atomic E-state index is 14.8. The summed E-state index contributed by atoms with van der Waals surface area (Å²) in [6.07, 6.45) is -4.13. The molecule has 1 heterocycles. The largest absolute Gasteiger partial charge is 0.573 e. The summed E-state index contributed by atoms with van der Waals surface area (Å²) >= 11 is 12.2. The zero-order valence-electron chi connectivity index (χ0n) is 19.9. The average Bonchev–Trinajstić information content (AvgIpc) is 2.76. The Balaban J connectivity index is 2.06. The number of carbonyl (C=O) groups excluding carboxylic acids is 2. The second-order valence-corrected chi connectivity index (χ2v) is 7.31. The van der Waals surface area contributed by atoms with Crippen molar-refractivity contribution in [2.75, 3.05) is 12.4 Å². The van der Waals surface area contributed by atoms with E-state index in [4.69, 9.17) is 37.8 Å². The van der Waals surface area contributed by atoms with Crippen LogP contribution < -0.4 is 25.3 Å². The van der Waals surface area contributed by atoms with Gasteiger partial charge in [-0.05, 0) is 30.3 Å². The van der Waals surface area contributed by atoms with Crippen molar-refractivity contribution in [2.45, 2.75) is 6.36 Å². The van der Waals surface area contributed by atoms with Gasteiger partial charge >= 0.3 is 6.36 Å². The fraction of sp³-hybridized carbons (Fsp3) is 0.0952. The maximum Gasteiger partial charge on any atom is 0.573 e. The summed E-state index contributed by atoms with van der Waals surface area (Å²) in [5.74, 6) is -7.60. The number of hydrogen-bond donors (Lipinski definition) is 2. The smallest absolute Gasteiger partial charge is 0.490 e. The minimum Gasteiger partial charge on any atom is -0.490 e. The number of nitrogens with one attached hydrogen (secondary N) is 1. The number of methoxy groups -OCH3 is 1. The predicted molar refractivity (Wildman–Crippen MR) is 117 cm³/mol. The van der Waals surface area contributed by atoms with Crippen molar-refractivity contribution in [3.05, 3.63) is 69.7 Å². The van der Waals surface area contributed by atoms with Gasteiger partial charge in [-0.2, -0.15) is 4.39 Å². The Hall–Kier alpha value is -3.77. The summed E-state index contributed by atoms with van der Waals surface area (Å²) in [5.41, 5.74) is 4.63. The molecule has 0 aliphatic rings. The minimum atomic E-state index is -5.31. The molecule has 0 bridgehead atoms. The molecule has 3 N–H and O–H groups in total. The van der Waals surface area contributed by atoms with E-state index in [9.17, 15) is 27.2 Å². The molecule has 0 atom stereocenters. The Labute approximate surface area is 208 Å². The highest BCUT2D eigenvalue weighted by Gasteiger charge is 2.34. The van der Waals surface area contributed by atoms with Crippen LogP contribution in [0, 0.1) is 5.82 Å². The van der Waals surface area contributed by atoms with Gasteiger partial charge in [-0.15, -0.1) is 13.2 Å². The number of anilines is 1. The van der Waals surface area contributed by atoms with E-state index in [2.05, 4.69) is 19.8 Å². The van der Waals surface area contributed by atoms with E-state index in [1.807, 2.05) is 0 Å². The number of carbonyl (C=O) groups is 2. The number of benzene rings is 2. The first-order valence-corrected chi connectivity index (χ1v) is 9.81. The van der Waals surface area contributed by atoms with E-state index in [0.717, 1.165) is 18.2 Å². The number of halogens is 6. The summed E-state index contributed by atoms with van der Waals surface area (Å²) in [5, 5.41) is 2.03. The van der Waals surface area contributed by atoms with Crippen LogP contribution in [0.5, 0.6) is 23.0 Å². The van der Waals surface area contributed by atoms with Crippen molar-refractivity contribution in [3.63, 3.8) is 0 Å². The molecule has 0 radical (unpaired) electrons. The van der Waals surface area contributed by atoms with Crippen molar-refractivity contribution in [3.8, 4) is 23.0 Å². The molecule has 2 amide bonds. The molecule has 8 nitrogen and oxygen atoms in total. The van der Waals surface area contributed by atoms with Crippen LogP contribution in [0.2, 0.25) is 10.0 Å². The number of nitrogens with two attached hydrogens (primary N) is 1. The summed E-state index contributed by atoms with van der Waals surface area (Å²) < 4.78 is 88.0. The number of hydrogen-bond acceptors (Lipinski definition) is 6. The Morgan fingerprint density at radius 1 is 1.11 bits per heavy atom. The van der Waals surface area contributed by atoms with Crippen molar-refractivity contribution in [1.82, 2.24) is 4.98 Å². The molecule has 3 rings (SSSR count). The Kier molecular flexibility index (Phi) is 6.36. The fourth-order valence-corrected chi connectivity index (χ4v) is 3.27. The highest BCUT2D eigenvalue weighted by molar-refractivity contribution is 6.37. The second-order valence-electron chi connectivity index (χ2n) is 6.47. The van der Waals surface area contributed by atoms with Gasteiger partial charge in [0.25, 0.3) is 11.8 Å². The maximum absolute atomic E-state index is 14.8. The van der Waals surface area contributed by atoms with E-state index in [1.54, 1.807) is 0 Å². The molecule has 0 aliphatic carbocycles. The lowest BCUT2D eigenvalue weighted by molar-refractivity contribution is -0.275. The van der Waals surface area contributed by atoms with Crippen molar-refractivity contribution in [2.24, 2.45) is 5.73 Å². The third kappa shape index (κ3) is 6.22. The van der Waals surface area contributed by atoms with Crippen LogP contribution in [0.25, 0.3) is 0 Å². The molecule has 0 spiro atoms. The monoisotopic (exact) mass is 536 g/mol. The van der Waals surface area contributed by atoms with Crippen LogP contribution >= 0.6 is 23.2 Å². The summed E-state index contributed by atoms with van der Waals surface area (Å²) in [6.45, 7) is 0. The lowest BCUT2D eigenvalue weighted by atomic mass is 10.1. The highest BCUT2D eigenvalue weighted by Crippen LogP contribution is 2.42. The first-order chi connectivity index (χ1) is 17.5. The zero-order chi connectivity index (χ0) is 28.4. The molecule has 3 aromatic rings. The quantitative estimate of drug-likeness (QED) is 0.381. The van der Waals surface area contributed by atoms with Gasteiger partial charge in [-0.25, -0.2) is 0 Å². The SMILES string of the molecule is [2H]C([2H])([2H])Oc1c(Oc2cc(Cl)cc(Cl)c2C(=O)Nc2ccnc(C(N)=O)c2)ccc(OC(F)(F)F)c1F. The number of pyridine rings is 1. The summed E-state index contributed by atoms with van der Waals surface area (Å²) in [6, 6.07) is 5.86. The molecular formula is C21H13Cl2F4N3O5. The molecule has 0 fully saturated rings. The molecule has 1 aromatic heterocycles. The highest BCUT2D eigenvalue weighted by atomic mass is 35.5. The lowest BCUT2D eigenvalue weighted by Gasteiger charge is -2.17.